The summed E-state index contributed by atoms with van der Waals surface area (Å²) in [5.41, 5.74) is 0.184. The Kier molecular flexibility index (Phi) is 9.90. The Balaban J connectivity index is 2.72. The molecule has 0 saturated carbocycles. The van der Waals surface area contributed by atoms with Crippen LogP contribution in [0.2, 0.25) is 0 Å². The van der Waals surface area contributed by atoms with Gasteiger partial charge in [0, 0.05) is 0 Å². The summed E-state index contributed by atoms with van der Waals surface area (Å²) >= 11 is 0. The average molecular weight is 348 g/mol. The van der Waals surface area contributed by atoms with E-state index in [2.05, 4.69) is 6.92 Å². The highest BCUT2D eigenvalue weighted by Gasteiger charge is 2.41. The van der Waals surface area contributed by atoms with Gasteiger partial charge >= 0.3 is 11.9 Å². The van der Waals surface area contributed by atoms with Gasteiger partial charge in [-0.05, 0) is 24.8 Å². The molecule has 0 aliphatic rings. The summed E-state index contributed by atoms with van der Waals surface area (Å²) < 4.78 is 10.9. The number of benzene rings is 1. The zero-order valence-corrected chi connectivity index (χ0v) is 15.9. The summed E-state index contributed by atoms with van der Waals surface area (Å²) in [7, 11) is 0. The molecule has 0 saturated heterocycles. The summed E-state index contributed by atoms with van der Waals surface area (Å²) in [5.74, 6) is -0.584. The third-order valence-corrected chi connectivity index (χ3v) is 4.35. The first kappa shape index (κ1) is 21.2. The van der Waals surface area contributed by atoms with Crippen LogP contribution in [-0.2, 0) is 25.7 Å². The lowest BCUT2D eigenvalue weighted by Crippen LogP contribution is -2.36. The SMILES string of the molecule is CCCCOC(=O)C(CCC)(CCC)CC(=O)OCc1ccccc1. The highest BCUT2D eigenvalue weighted by Crippen LogP contribution is 2.36. The first-order chi connectivity index (χ1) is 12.1. The van der Waals surface area contributed by atoms with Gasteiger partial charge in [0.05, 0.1) is 18.4 Å². The van der Waals surface area contributed by atoms with Gasteiger partial charge in [-0.1, -0.05) is 70.4 Å². The lowest BCUT2D eigenvalue weighted by atomic mass is 9.76. The van der Waals surface area contributed by atoms with Gasteiger partial charge in [0.2, 0.25) is 0 Å². The third kappa shape index (κ3) is 7.29. The molecule has 0 N–H and O–H groups in total. The van der Waals surface area contributed by atoms with Crippen molar-refractivity contribution in [3.63, 3.8) is 0 Å². The number of esters is 2. The first-order valence-electron chi connectivity index (χ1n) is 9.44. The van der Waals surface area contributed by atoms with Crippen LogP contribution in [0.1, 0.15) is 71.3 Å². The highest BCUT2D eigenvalue weighted by molar-refractivity contribution is 5.83. The Hall–Kier alpha value is -1.84. The number of unbranched alkanes of at least 4 members (excludes halogenated alkanes) is 1. The first-order valence-corrected chi connectivity index (χ1v) is 9.44. The van der Waals surface area contributed by atoms with Gasteiger partial charge in [0.15, 0.2) is 0 Å². The number of carbonyl (C=O) groups is 2. The minimum atomic E-state index is -0.759. The van der Waals surface area contributed by atoms with E-state index in [1.54, 1.807) is 0 Å². The standard InChI is InChI=1S/C21H32O4/c1-4-7-15-24-20(23)21(13-5-2,14-6-3)16-19(22)25-17-18-11-9-8-10-12-18/h8-12H,4-7,13-17H2,1-3H3. The molecule has 0 amide bonds. The number of hydrogen-bond acceptors (Lipinski definition) is 4. The second-order valence-corrected chi connectivity index (χ2v) is 6.59. The van der Waals surface area contributed by atoms with Crippen LogP contribution in [0.4, 0.5) is 0 Å². The quantitative estimate of drug-likeness (QED) is 0.392. The van der Waals surface area contributed by atoms with Crippen LogP contribution >= 0.6 is 0 Å². The number of hydrogen-bond donors (Lipinski definition) is 0. The molecule has 0 aliphatic heterocycles. The lowest BCUT2D eigenvalue weighted by Gasteiger charge is -2.30. The fraction of sp³-hybridized carbons (Fsp3) is 0.619. The van der Waals surface area contributed by atoms with Gasteiger partial charge < -0.3 is 9.47 Å². The van der Waals surface area contributed by atoms with Crippen molar-refractivity contribution >= 4 is 11.9 Å². The van der Waals surface area contributed by atoms with Crippen molar-refractivity contribution in [2.24, 2.45) is 5.41 Å². The van der Waals surface area contributed by atoms with Crippen LogP contribution < -0.4 is 0 Å². The van der Waals surface area contributed by atoms with E-state index >= 15 is 0 Å². The zero-order chi connectivity index (χ0) is 18.5. The van der Waals surface area contributed by atoms with E-state index in [9.17, 15) is 9.59 Å². The third-order valence-electron chi connectivity index (χ3n) is 4.35. The van der Waals surface area contributed by atoms with Crippen molar-refractivity contribution < 1.29 is 19.1 Å². The predicted octanol–water partition coefficient (Wildman–Crippen LogP) is 5.05. The monoisotopic (exact) mass is 348 g/mol. The smallest absolute Gasteiger partial charge is 0.312 e. The molecule has 0 spiro atoms. The van der Waals surface area contributed by atoms with Gasteiger partial charge in [-0.25, -0.2) is 0 Å². The fourth-order valence-corrected chi connectivity index (χ4v) is 3.06. The molecule has 4 heteroatoms. The summed E-state index contributed by atoms with van der Waals surface area (Å²) in [5, 5.41) is 0. The van der Waals surface area contributed by atoms with Crippen molar-refractivity contribution in [3.05, 3.63) is 35.9 Å². The molecule has 0 heterocycles. The van der Waals surface area contributed by atoms with E-state index < -0.39 is 5.41 Å². The molecule has 0 aliphatic carbocycles. The summed E-state index contributed by atoms with van der Waals surface area (Å²) in [6.07, 6.45) is 4.86. The van der Waals surface area contributed by atoms with E-state index in [-0.39, 0.29) is 25.0 Å². The molecule has 0 fully saturated rings. The van der Waals surface area contributed by atoms with Crippen molar-refractivity contribution in [2.75, 3.05) is 6.61 Å². The zero-order valence-electron chi connectivity index (χ0n) is 15.9. The molecule has 1 aromatic rings. The minimum absolute atomic E-state index is 0.0898. The van der Waals surface area contributed by atoms with Gasteiger partial charge in [-0.2, -0.15) is 0 Å². The van der Waals surface area contributed by atoms with Crippen LogP contribution in [0.15, 0.2) is 30.3 Å². The Morgan fingerprint density at radius 1 is 0.920 bits per heavy atom. The normalized spacial score (nSPS) is 11.2. The molecular weight excluding hydrogens is 316 g/mol. The Morgan fingerprint density at radius 2 is 1.56 bits per heavy atom. The van der Waals surface area contributed by atoms with Crippen LogP contribution in [0.5, 0.6) is 0 Å². The Morgan fingerprint density at radius 3 is 2.12 bits per heavy atom. The largest absolute Gasteiger partial charge is 0.465 e. The molecule has 0 unspecified atom stereocenters. The number of ether oxygens (including phenoxy) is 2. The van der Waals surface area contributed by atoms with E-state index in [0.29, 0.717) is 19.4 Å². The maximum absolute atomic E-state index is 12.7. The van der Waals surface area contributed by atoms with Crippen molar-refractivity contribution in [2.45, 2.75) is 72.3 Å². The van der Waals surface area contributed by atoms with Crippen LogP contribution in [0, 0.1) is 5.41 Å². The van der Waals surface area contributed by atoms with Crippen molar-refractivity contribution in [1.82, 2.24) is 0 Å². The second-order valence-electron chi connectivity index (χ2n) is 6.59. The molecule has 1 rings (SSSR count). The second kappa shape index (κ2) is 11.7. The summed E-state index contributed by atoms with van der Waals surface area (Å²) in [6.45, 7) is 6.76. The van der Waals surface area contributed by atoms with Gasteiger partial charge in [0.25, 0.3) is 0 Å². The van der Waals surface area contributed by atoms with E-state index in [1.165, 1.54) is 0 Å². The van der Waals surface area contributed by atoms with Gasteiger partial charge in [-0.15, -0.1) is 0 Å². The lowest BCUT2D eigenvalue weighted by molar-refractivity contribution is -0.164. The van der Waals surface area contributed by atoms with Crippen LogP contribution in [0.25, 0.3) is 0 Å². The predicted molar refractivity (Wildman–Crippen MR) is 99.0 cm³/mol. The molecule has 0 radical (unpaired) electrons. The summed E-state index contributed by atoms with van der Waals surface area (Å²) in [4.78, 5) is 25.1. The number of rotatable bonds is 12. The maximum atomic E-state index is 12.7. The molecule has 0 atom stereocenters. The Bertz CT molecular complexity index is 504. The molecule has 25 heavy (non-hydrogen) atoms. The van der Waals surface area contributed by atoms with Gasteiger partial charge in [0.1, 0.15) is 6.61 Å². The Labute approximate surface area is 151 Å². The maximum Gasteiger partial charge on any atom is 0.312 e. The van der Waals surface area contributed by atoms with Gasteiger partial charge in [-0.3, -0.25) is 9.59 Å². The highest BCUT2D eigenvalue weighted by atomic mass is 16.5. The van der Waals surface area contributed by atoms with Crippen LogP contribution in [0.3, 0.4) is 0 Å². The molecule has 0 aromatic heterocycles. The molecule has 140 valence electrons. The summed E-state index contributed by atoms with van der Waals surface area (Å²) in [6, 6.07) is 9.57. The van der Waals surface area contributed by atoms with Crippen LogP contribution in [-0.4, -0.2) is 18.5 Å². The van der Waals surface area contributed by atoms with Crippen molar-refractivity contribution in [1.29, 1.82) is 0 Å². The van der Waals surface area contributed by atoms with Crippen molar-refractivity contribution in [3.8, 4) is 0 Å². The minimum Gasteiger partial charge on any atom is -0.465 e. The average Bonchev–Trinajstić information content (AvgIpc) is 2.61. The fourth-order valence-electron chi connectivity index (χ4n) is 3.06. The molecule has 4 nitrogen and oxygen atoms in total. The van der Waals surface area contributed by atoms with E-state index in [4.69, 9.17) is 9.47 Å². The molecule has 0 bridgehead atoms. The van der Waals surface area contributed by atoms with E-state index in [0.717, 1.165) is 31.2 Å². The topological polar surface area (TPSA) is 52.6 Å². The molecule has 1 aromatic carbocycles. The number of carbonyl (C=O) groups excluding carboxylic acids is 2. The van der Waals surface area contributed by atoms with E-state index in [1.807, 2.05) is 44.2 Å². The molecular formula is C21H32O4.